The Morgan fingerprint density at radius 2 is 1.91 bits per heavy atom. The first-order chi connectivity index (χ1) is 16.0. The maximum atomic E-state index is 13.7. The maximum Gasteiger partial charge on any atom is 0.291 e. The van der Waals surface area contributed by atoms with Crippen molar-refractivity contribution >= 4 is 16.9 Å². The molecule has 166 valence electrons. The topological polar surface area (TPSA) is 72.9 Å². The summed E-state index contributed by atoms with van der Waals surface area (Å²) in [6, 6.07) is 14.0. The Balaban J connectivity index is 1.72. The average Bonchev–Trinajstić information content (AvgIpc) is 3.42. The molecule has 2 aromatic heterocycles. The molecule has 3 heterocycles. The molecule has 0 saturated heterocycles. The summed E-state index contributed by atoms with van der Waals surface area (Å²) >= 11 is 0. The highest BCUT2D eigenvalue weighted by atomic mass is 16.5. The van der Waals surface area contributed by atoms with Crippen LogP contribution in [-0.4, -0.2) is 17.4 Å². The van der Waals surface area contributed by atoms with E-state index in [-0.39, 0.29) is 23.6 Å². The smallest absolute Gasteiger partial charge is 0.291 e. The van der Waals surface area contributed by atoms with Crippen molar-refractivity contribution in [3.05, 3.63) is 111 Å². The van der Waals surface area contributed by atoms with Gasteiger partial charge in [-0.3, -0.25) is 9.59 Å². The lowest BCUT2D eigenvalue weighted by Gasteiger charge is -2.24. The van der Waals surface area contributed by atoms with E-state index in [0.29, 0.717) is 34.6 Å². The van der Waals surface area contributed by atoms with E-state index in [9.17, 15) is 9.59 Å². The zero-order chi connectivity index (χ0) is 23.1. The molecule has 33 heavy (non-hydrogen) atoms. The molecule has 0 bridgehead atoms. The molecule has 1 aliphatic heterocycles. The number of ether oxygens (including phenoxy) is 1. The summed E-state index contributed by atoms with van der Waals surface area (Å²) < 4.78 is 17.3. The van der Waals surface area contributed by atoms with Crippen LogP contribution in [0.15, 0.2) is 81.1 Å². The third kappa shape index (κ3) is 3.53. The van der Waals surface area contributed by atoms with Crippen molar-refractivity contribution < 1.29 is 18.4 Å². The lowest BCUT2D eigenvalue weighted by Crippen LogP contribution is -2.29. The number of hydrogen-bond donors (Lipinski definition) is 0. The highest BCUT2D eigenvalue weighted by molar-refractivity contribution is 5.99. The minimum atomic E-state index is -0.632. The molecule has 0 N–H and O–H groups in total. The molecule has 6 nitrogen and oxygen atoms in total. The molecular weight excluding hydrogens is 418 g/mol. The number of hydrogen-bond acceptors (Lipinski definition) is 5. The molecule has 0 spiro atoms. The third-order valence-corrected chi connectivity index (χ3v) is 6.03. The van der Waals surface area contributed by atoms with Gasteiger partial charge in [0.25, 0.3) is 5.91 Å². The Kier molecular flexibility index (Phi) is 5.13. The van der Waals surface area contributed by atoms with Gasteiger partial charge in [0, 0.05) is 0 Å². The van der Waals surface area contributed by atoms with E-state index in [0.717, 1.165) is 16.7 Å². The highest BCUT2D eigenvalue weighted by Gasteiger charge is 2.43. The van der Waals surface area contributed by atoms with Gasteiger partial charge in [0.2, 0.25) is 5.76 Å². The molecule has 6 heteroatoms. The zero-order valence-electron chi connectivity index (χ0n) is 18.5. The Bertz CT molecular complexity index is 1430. The normalized spacial score (nSPS) is 15.2. The first-order valence-corrected chi connectivity index (χ1v) is 10.7. The minimum absolute atomic E-state index is 0.0738. The van der Waals surface area contributed by atoms with Gasteiger partial charge in [-0.2, -0.15) is 0 Å². The van der Waals surface area contributed by atoms with Gasteiger partial charge in [0.15, 0.2) is 5.43 Å². The molecule has 1 unspecified atom stereocenters. The summed E-state index contributed by atoms with van der Waals surface area (Å²) in [6.07, 6.45) is 3.22. The van der Waals surface area contributed by atoms with Gasteiger partial charge >= 0.3 is 0 Å². The average molecular weight is 441 g/mol. The number of benzene rings is 2. The van der Waals surface area contributed by atoms with E-state index in [1.807, 2.05) is 50.2 Å². The Morgan fingerprint density at radius 3 is 2.67 bits per heavy atom. The third-order valence-electron chi connectivity index (χ3n) is 6.03. The van der Waals surface area contributed by atoms with Gasteiger partial charge in [-0.1, -0.05) is 24.8 Å². The van der Waals surface area contributed by atoms with Crippen LogP contribution in [0.3, 0.4) is 0 Å². The molecule has 1 amide bonds. The molecule has 1 atom stereocenters. The van der Waals surface area contributed by atoms with Crippen molar-refractivity contribution in [2.24, 2.45) is 0 Å². The first-order valence-electron chi connectivity index (χ1n) is 10.7. The summed E-state index contributed by atoms with van der Waals surface area (Å²) in [7, 11) is 0. The molecular formula is C27H23NO5. The lowest BCUT2D eigenvalue weighted by atomic mass is 9.97. The summed E-state index contributed by atoms with van der Waals surface area (Å²) in [4.78, 5) is 28.8. The van der Waals surface area contributed by atoms with Crippen LogP contribution in [0.25, 0.3) is 11.0 Å². The van der Waals surface area contributed by atoms with Crippen LogP contribution in [0.5, 0.6) is 5.75 Å². The molecule has 4 aromatic rings. The predicted octanol–water partition coefficient (Wildman–Crippen LogP) is 5.31. The van der Waals surface area contributed by atoms with Gasteiger partial charge in [-0.15, -0.1) is 0 Å². The van der Waals surface area contributed by atoms with Crippen molar-refractivity contribution in [2.75, 3.05) is 6.61 Å². The van der Waals surface area contributed by atoms with Gasteiger partial charge in [0.1, 0.15) is 23.7 Å². The van der Waals surface area contributed by atoms with Crippen LogP contribution in [0, 0.1) is 13.8 Å². The van der Waals surface area contributed by atoms with Crippen molar-refractivity contribution in [3.63, 3.8) is 0 Å². The summed E-state index contributed by atoms with van der Waals surface area (Å²) in [5, 5.41) is 0.466. The summed E-state index contributed by atoms with van der Waals surface area (Å²) in [5.74, 6) is 0.970. The molecule has 0 fully saturated rings. The van der Waals surface area contributed by atoms with Crippen LogP contribution in [0.2, 0.25) is 0 Å². The number of aryl methyl sites for hydroxylation is 2. The van der Waals surface area contributed by atoms with Crippen molar-refractivity contribution in [1.82, 2.24) is 4.90 Å². The summed E-state index contributed by atoms with van der Waals surface area (Å²) in [6.45, 7) is 8.13. The fraction of sp³-hybridized carbons (Fsp3) is 0.185. The van der Waals surface area contributed by atoms with Crippen molar-refractivity contribution in [3.8, 4) is 5.75 Å². The van der Waals surface area contributed by atoms with E-state index in [1.165, 1.54) is 0 Å². The number of furan rings is 1. The van der Waals surface area contributed by atoms with Gasteiger partial charge in [0.05, 0.1) is 29.8 Å². The van der Waals surface area contributed by atoms with E-state index < -0.39 is 6.04 Å². The second kappa shape index (κ2) is 8.13. The molecule has 1 aliphatic rings. The minimum Gasteiger partial charge on any atom is -0.490 e. The molecule has 0 radical (unpaired) electrons. The van der Waals surface area contributed by atoms with Crippen molar-refractivity contribution in [2.45, 2.75) is 26.4 Å². The van der Waals surface area contributed by atoms with E-state index in [2.05, 4.69) is 6.58 Å². The molecule has 0 saturated carbocycles. The van der Waals surface area contributed by atoms with Gasteiger partial charge in [-0.05, 0) is 66.9 Å². The second-order valence-corrected chi connectivity index (χ2v) is 8.19. The SMILES string of the molecule is C=CCOc1cccc(C2c3c(oc4cc(C)c(C)cc4c3=O)C(=O)N2Cc2ccco2)c1. The fourth-order valence-corrected chi connectivity index (χ4v) is 4.29. The number of fused-ring (bicyclic) bond motifs is 2. The largest absolute Gasteiger partial charge is 0.490 e. The van der Waals surface area contributed by atoms with Gasteiger partial charge in [-0.25, -0.2) is 0 Å². The maximum absolute atomic E-state index is 13.7. The van der Waals surface area contributed by atoms with Crippen LogP contribution < -0.4 is 10.2 Å². The van der Waals surface area contributed by atoms with Crippen LogP contribution in [-0.2, 0) is 6.54 Å². The van der Waals surface area contributed by atoms with Crippen molar-refractivity contribution in [1.29, 1.82) is 0 Å². The number of rotatable bonds is 6. The van der Waals surface area contributed by atoms with E-state index in [1.54, 1.807) is 29.4 Å². The van der Waals surface area contributed by atoms with E-state index in [4.69, 9.17) is 13.6 Å². The Labute approximate surface area is 190 Å². The second-order valence-electron chi connectivity index (χ2n) is 8.19. The number of carbonyl (C=O) groups is 1. The number of carbonyl (C=O) groups excluding carboxylic acids is 1. The monoisotopic (exact) mass is 441 g/mol. The first kappa shape index (κ1) is 20.8. The number of nitrogens with zero attached hydrogens (tertiary/aromatic N) is 1. The standard InChI is InChI=1S/C27H23NO5/c1-4-10-31-19-8-5-7-18(14-19)24-23-25(29)21-12-16(2)17(3)13-22(21)33-26(23)27(30)28(24)15-20-9-6-11-32-20/h4-9,11-14,24H,1,10,15H2,2-3H3. The van der Waals surface area contributed by atoms with Gasteiger partial charge < -0.3 is 18.5 Å². The number of amides is 1. The predicted molar refractivity (Wildman–Crippen MR) is 125 cm³/mol. The van der Waals surface area contributed by atoms with Crippen LogP contribution in [0.1, 0.15) is 44.6 Å². The quantitative estimate of drug-likeness (QED) is 0.379. The zero-order valence-corrected chi connectivity index (χ0v) is 18.5. The highest BCUT2D eigenvalue weighted by Crippen LogP contribution is 2.40. The fourth-order valence-electron chi connectivity index (χ4n) is 4.29. The molecule has 0 aliphatic carbocycles. The molecule has 2 aromatic carbocycles. The lowest BCUT2D eigenvalue weighted by molar-refractivity contribution is 0.0701. The van der Waals surface area contributed by atoms with Crippen LogP contribution >= 0.6 is 0 Å². The Hall–Kier alpha value is -4.06. The Morgan fingerprint density at radius 1 is 1.09 bits per heavy atom. The van der Waals surface area contributed by atoms with Crippen LogP contribution in [0.4, 0.5) is 0 Å². The molecule has 5 rings (SSSR count). The summed E-state index contributed by atoms with van der Waals surface area (Å²) in [5.41, 5.74) is 3.28. The van der Waals surface area contributed by atoms with E-state index >= 15 is 0 Å².